The largest absolute Gasteiger partial charge is 0.364 e. The van der Waals surface area contributed by atoms with Gasteiger partial charge in [0, 0.05) is 19.3 Å². The van der Waals surface area contributed by atoms with Crippen molar-refractivity contribution >= 4 is 11.6 Å². The number of hydrogen-bond acceptors (Lipinski definition) is 4. The molecule has 2 unspecified atom stereocenters. The van der Waals surface area contributed by atoms with Crippen molar-refractivity contribution in [3.8, 4) is 6.07 Å². The highest BCUT2D eigenvalue weighted by Crippen LogP contribution is 2.32. The Bertz CT molecular complexity index is 522. The van der Waals surface area contributed by atoms with Crippen molar-refractivity contribution in [2.45, 2.75) is 18.9 Å². The van der Waals surface area contributed by atoms with Gasteiger partial charge in [0.2, 0.25) is 5.91 Å². The quantitative estimate of drug-likeness (QED) is 0.785. The second-order valence-electron chi connectivity index (χ2n) is 4.74. The predicted molar refractivity (Wildman–Crippen MR) is 65.8 cm³/mol. The summed E-state index contributed by atoms with van der Waals surface area (Å²) < 4.78 is 0. The van der Waals surface area contributed by atoms with Crippen molar-refractivity contribution in [2.24, 2.45) is 5.92 Å². The van der Waals surface area contributed by atoms with E-state index in [1.807, 2.05) is 12.1 Å². The molecule has 2 saturated heterocycles. The van der Waals surface area contributed by atoms with Crippen molar-refractivity contribution in [3.05, 3.63) is 24.0 Å². The highest BCUT2D eigenvalue weighted by Gasteiger charge is 2.41. The zero-order valence-corrected chi connectivity index (χ0v) is 9.97. The van der Waals surface area contributed by atoms with Gasteiger partial charge in [0.1, 0.15) is 6.07 Å². The van der Waals surface area contributed by atoms with E-state index >= 15 is 0 Å². The van der Waals surface area contributed by atoms with E-state index in [1.165, 1.54) is 0 Å². The maximum absolute atomic E-state index is 11.7. The minimum Gasteiger partial charge on any atom is -0.364 e. The van der Waals surface area contributed by atoms with E-state index in [0.717, 1.165) is 25.1 Å². The van der Waals surface area contributed by atoms with Gasteiger partial charge in [0.15, 0.2) is 5.69 Å². The predicted octanol–water partition coefficient (Wildman–Crippen LogP) is 0.668. The molecule has 0 aliphatic carbocycles. The van der Waals surface area contributed by atoms with Crippen LogP contribution >= 0.6 is 0 Å². The van der Waals surface area contributed by atoms with E-state index in [1.54, 1.807) is 6.20 Å². The van der Waals surface area contributed by atoms with Gasteiger partial charge in [-0.1, -0.05) is 0 Å². The van der Waals surface area contributed by atoms with Gasteiger partial charge in [-0.15, -0.1) is 0 Å². The number of nitrogens with one attached hydrogen (secondary N) is 1. The maximum Gasteiger partial charge on any atom is 0.225 e. The number of hydrogen-bond donors (Lipinski definition) is 1. The number of fused-ring (bicyclic) bond motifs is 1. The first kappa shape index (κ1) is 11.0. The van der Waals surface area contributed by atoms with Gasteiger partial charge in [0.25, 0.3) is 0 Å². The van der Waals surface area contributed by atoms with Crippen molar-refractivity contribution in [2.75, 3.05) is 18.0 Å². The average molecular weight is 242 g/mol. The molecule has 92 valence electrons. The normalized spacial score (nSPS) is 26.4. The number of carbonyl (C=O) groups excluding carboxylic acids is 1. The second-order valence-corrected chi connectivity index (χ2v) is 4.74. The number of piperidine rings is 1. The molecule has 3 rings (SSSR count). The molecule has 2 atom stereocenters. The first-order valence-electron chi connectivity index (χ1n) is 6.20. The fraction of sp³-hybridized carbons (Fsp3) is 0.462. The number of rotatable bonds is 1. The Morgan fingerprint density at radius 2 is 2.44 bits per heavy atom. The van der Waals surface area contributed by atoms with Crippen LogP contribution in [0, 0.1) is 17.2 Å². The van der Waals surface area contributed by atoms with Crippen LogP contribution < -0.4 is 10.2 Å². The zero-order chi connectivity index (χ0) is 12.5. The number of anilines is 1. The smallest absolute Gasteiger partial charge is 0.225 e. The molecule has 0 aromatic carbocycles. The van der Waals surface area contributed by atoms with Crippen molar-refractivity contribution in [1.29, 1.82) is 5.26 Å². The van der Waals surface area contributed by atoms with Crippen LogP contribution in [0.25, 0.3) is 0 Å². The third kappa shape index (κ3) is 1.61. The van der Waals surface area contributed by atoms with Crippen LogP contribution in [0.4, 0.5) is 5.69 Å². The molecule has 0 bridgehead atoms. The Morgan fingerprint density at radius 3 is 3.28 bits per heavy atom. The highest BCUT2D eigenvalue weighted by atomic mass is 16.2. The molecule has 5 nitrogen and oxygen atoms in total. The summed E-state index contributed by atoms with van der Waals surface area (Å²) >= 11 is 0. The molecule has 1 aromatic rings. The third-order valence-electron chi connectivity index (χ3n) is 3.80. The lowest BCUT2D eigenvalue weighted by molar-refractivity contribution is -0.122. The molecular formula is C13H14N4O. The Kier molecular flexibility index (Phi) is 2.63. The molecule has 0 saturated carbocycles. The standard InChI is InChI=1S/C13H14N4O/c14-7-10-11(4-1-5-15-10)17-6-2-3-9-12(17)8-16-13(9)18/h1,4-5,9,12H,2-3,6,8H2,(H,16,18). The molecule has 3 heterocycles. The molecule has 1 N–H and O–H groups in total. The third-order valence-corrected chi connectivity index (χ3v) is 3.80. The molecule has 1 aromatic heterocycles. The Hall–Kier alpha value is -2.09. The van der Waals surface area contributed by atoms with Gasteiger partial charge in [0.05, 0.1) is 17.6 Å². The van der Waals surface area contributed by atoms with Crippen LogP contribution in [0.15, 0.2) is 18.3 Å². The number of amides is 1. The molecule has 2 fully saturated rings. The summed E-state index contributed by atoms with van der Waals surface area (Å²) in [4.78, 5) is 18.0. The van der Waals surface area contributed by atoms with Gasteiger partial charge < -0.3 is 10.2 Å². The maximum atomic E-state index is 11.7. The van der Waals surface area contributed by atoms with E-state index in [4.69, 9.17) is 5.26 Å². The summed E-state index contributed by atoms with van der Waals surface area (Å²) in [7, 11) is 0. The monoisotopic (exact) mass is 242 g/mol. The van der Waals surface area contributed by atoms with Crippen molar-refractivity contribution in [1.82, 2.24) is 10.3 Å². The lowest BCUT2D eigenvalue weighted by atomic mass is 9.91. The fourth-order valence-electron chi connectivity index (χ4n) is 2.97. The van der Waals surface area contributed by atoms with E-state index in [0.29, 0.717) is 12.2 Å². The summed E-state index contributed by atoms with van der Waals surface area (Å²) in [5.74, 6) is 0.206. The number of nitrogens with zero attached hydrogens (tertiary/aromatic N) is 3. The number of nitriles is 1. The van der Waals surface area contributed by atoms with E-state index < -0.39 is 0 Å². The van der Waals surface area contributed by atoms with Crippen LogP contribution in [0.2, 0.25) is 0 Å². The highest BCUT2D eigenvalue weighted by molar-refractivity contribution is 5.83. The Labute approximate surface area is 105 Å². The lowest BCUT2D eigenvalue weighted by Gasteiger charge is -2.37. The minimum absolute atomic E-state index is 0.0606. The fourth-order valence-corrected chi connectivity index (χ4v) is 2.97. The SMILES string of the molecule is N#Cc1ncccc1N1CCCC2C(=O)NCC21. The number of aromatic nitrogens is 1. The molecule has 2 aliphatic rings. The van der Waals surface area contributed by atoms with Gasteiger partial charge in [-0.05, 0) is 25.0 Å². The Balaban J connectivity index is 1.96. The van der Waals surface area contributed by atoms with Crippen LogP contribution in [0.5, 0.6) is 0 Å². The molecular weight excluding hydrogens is 228 g/mol. The van der Waals surface area contributed by atoms with Crippen LogP contribution in [0.1, 0.15) is 18.5 Å². The first-order valence-corrected chi connectivity index (χ1v) is 6.20. The lowest BCUT2D eigenvalue weighted by Crippen LogP contribution is -2.46. The Morgan fingerprint density at radius 1 is 1.56 bits per heavy atom. The van der Waals surface area contributed by atoms with E-state index in [9.17, 15) is 4.79 Å². The molecule has 0 radical (unpaired) electrons. The second kappa shape index (κ2) is 4.30. The number of pyridine rings is 1. The minimum atomic E-state index is 0.0606. The van der Waals surface area contributed by atoms with Gasteiger partial charge in [-0.3, -0.25) is 4.79 Å². The van der Waals surface area contributed by atoms with Crippen LogP contribution in [0.3, 0.4) is 0 Å². The molecule has 2 aliphatic heterocycles. The molecule has 0 spiro atoms. The first-order chi connectivity index (χ1) is 8.81. The summed E-state index contributed by atoms with van der Waals surface area (Å²) in [6, 6.07) is 6.05. The summed E-state index contributed by atoms with van der Waals surface area (Å²) in [6.45, 7) is 1.56. The zero-order valence-electron chi connectivity index (χ0n) is 9.97. The molecule has 1 amide bonds. The van der Waals surface area contributed by atoms with Gasteiger partial charge in [-0.25, -0.2) is 4.98 Å². The van der Waals surface area contributed by atoms with Gasteiger partial charge >= 0.3 is 0 Å². The van der Waals surface area contributed by atoms with E-state index in [-0.39, 0.29) is 17.9 Å². The molecule has 5 heteroatoms. The molecule has 18 heavy (non-hydrogen) atoms. The summed E-state index contributed by atoms with van der Waals surface area (Å²) in [5, 5.41) is 12.0. The summed E-state index contributed by atoms with van der Waals surface area (Å²) in [5.41, 5.74) is 1.30. The topological polar surface area (TPSA) is 69.0 Å². The van der Waals surface area contributed by atoms with Crippen molar-refractivity contribution in [3.63, 3.8) is 0 Å². The van der Waals surface area contributed by atoms with E-state index in [2.05, 4.69) is 21.3 Å². The summed E-state index contributed by atoms with van der Waals surface area (Å²) in [6.07, 6.45) is 3.55. The van der Waals surface area contributed by atoms with Gasteiger partial charge in [-0.2, -0.15) is 5.26 Å². The van der Waals surface area contributed by atoms with Crippen LogP contribution in [-0.2, 0) is 4.79 Å². The average Bonchev–Trinajstić information content (AvgIpc) is 2.81. The van der Waals surface area contributed by atoms with Crippen molar-refractivity contribution < 1.29 is 4.79 Å². The number of carbonyl (C=O) groups is 1. The van der Waals surface area contributed by atoms with Crippen LogP contribution in [-0.4, -0.2) is 30.0 Å².